The smallest absolute Gasteiger partial charge is 0.255 e. The zero-order chi connectivity index (χ0) is 13.1. The number of nitrogen functional groups attached to an aromatic ring is 1. The Kier molecular flexibility index (Phi) is 3.53. The summed E-state index contributed by atoms with van der Waals surface area (Å²) in [7, 11) is 0. The van der Waals surface area contributed by atoms with E-state index in [1.54, 1.807) is 36.4 Å². The van der Waals surface area contributed by atoms with Gasteiger partial charge in [0.25, 0.3) is 5.91 Å². The molecule has 0 bridgehead atoms. The van der Waals surface area contributed by atoms with E-state index >= 15 is 0 Å². The van der Waals surface area contributed by atoms with E-state index in [0.29, 0.717) is 22.0 Å². The van der Waals surface area contributed by atoms with E-state index in [2.05, 4.69) is 5.32 Å². The fraction of sp³-hybridized carbons (Fsp3) is 0.0714. The Hall–Kier alpha value is -2.00. The fourth-order valence-electron chi connectivity index (χ4n) is 1.60. The third kappa shape index (κ3) is 2.81. The van der Waals surface area contributed by atoms with Gasteiger partial charge in [0.1, 0.15) is 0 Å². The SMILES string of the molecule is Cc1ccc(N)cc1NC(=O)c1cccc(Cl)c1. The molecule has 2 rings (SSSR count). The van der Waals surface area contributed by atoms with E-state index in [0.717, 1.165) is 5.56 Å². The van der Waals surface area contributed by atoms with Crippen LogP contribution in [0, 0.1) is 6.92 Å². The molecule has 0 aliphatic rings. The van der Waals surface area contributed by atoms with Gasteiger partial charge in [-0.15, -0.1) is 0 Å². The Morgan fingerprint density at radius 2 is 2.00 bits per heavy atom. The third-order valence-electron chi connectivity index (χ3n) is 2.60. The van der Waals surface area contributed by atoms with Crippen molar-refractivity contribution in [3.63, 3.8) is 0 Å². The van der Waals surface area contributed by atoms with Gasteiger partial charge in [0.2, 0.25) is 0 Å². The lowest BCUT2D eigenvalue weighted by molar-refractivity contribution is 0.102. The van der Waals surface area contributed by atoms with Crippen molar-refractivity contribution < 1.29 is 4.79 Å². The molecule has 2 aromatic rings. The standard InChI is InChI=1S/C14H13ClN2O/c1-9-5-6-12(16)8-13(9)17-14(18)10-3-2-4-11(15)7-10/h2-8H,16H2,1H3,(H,17,18). The number of hydrogen-bond donors (Lipinski definition) is 2. The molecular weight excluding hydrogens is 248 g/mol. The van der Waals surface area contributed by atoms with E-state index < -0.39 is 0 Å². The predicted octanol–water partition coefficient (Wildman–Crippen LogP) is 3.48. The van der Waals surface area contributed by atoms with Crippen LogP contribution in [0.25, 0.3) is 0 Å². The summed E-state index contributed by atoms with van der Waals surface area (Å²) >= 11 is 5.85. The molecule has 0 unspecified atom stereocenters. The average molecular weight is 261 g/mol. The van der Waals surface area contributed by atoms with Crippen LogP contribution in [-0.2, 0) is 0 Å². The van der Waals surface area contributed by atoms with Gasteiger partial charge in [0.05, 0.1) is 0 Å². The van der Waals surface area contributed by atoms with E-state index in [9.17, 15) is 4.79 Å². The quantitative estimate of drug-likeness (QED) is 0.812. The summed E-state index contributed by atoms with van der Waals surface area (Å²) in [5, 5.41) is 3.35. The number of nitrogens with one attached hydrogen (secondary N) is 1. The molecule has 4 heteroatoms. The molecule has 0 radical (unpaired) electrons. The monoisotopic (exact) mass is 260 g/mol. The summed E-state index contributed by atoms with van der Waals surface area (Å²) in [5.74, 6) is -0.203. The van der Waals surface area contributed by atoms with Crippen LogP contribution in [0.1, 0.15) is 15.9 Å². The Morgan fingerprint density at radius 1 is 1.22 bits per heavy atom. The zero-order valence-corrected chi connectivity index (χ0v) is 10.7. The fourth-order valence-corrected chi connectivity index (χ4v) is 1.79. The molecular formula is C14H13ClN2O. The summed E-state index contributed by atoms with van der Waals surface area (Å²) < 4.78 is 0. The highest BCUT2D eigenvalue weighted by atomic mass is 35.5. The van der Waals surface area contributed by atoms with E-state index in [1.165, 1.54) is 0 Å². The molecule has 0 atom stereocenters. The van der Waals surface area contributed by atoms with Gasteiger partial charge >= 0.3 is 0 Å². The van der Waals surface area contributed by atoms with Crippen molar-refractivity contribution in [3.8, 4) is 0 Å². The second-order valence-electron chi connectivity index (χ2n) is 4.04. The summed E-state index contributed by atoms with van der Waals surface area (Å²) in [4.78, 5) is 12.0. The first-order valence-electron chi connectivity index (χ1n) is 5.49. The topological polar surface area (TPSA) is 55.1 Å². The number of carbonyl (C=O) groups excluding carboxylic acids is 1. The van der Waals surface area contributed by atoms with Crippen LogP contribution in [0.5, 0.6) is 0 Å². The number of anilines is 2. The Bertz CT molecular complexity index is 596. The first kappa shape index (κ1) is 12.5. The molecule has 2 aromatic carbocycles. The number of amides is 1. The number of hydrogen-bond acceptors (Lipinski definition) is 2. The average Bonchev–Trinajstić information content (AvgIpc) is 2.34. The van der Waals surface area contributed by atoms with Gasteiger partial charge in [-0.3, -0.25) is 4.79 Å². The van der Waals surface area contributed by atoms with Gasteiger partial charge < -0.3 is 11.1 Å². The number of nitrogens with two attached hydrogens (primary N) is 1. The molecule has 92 valence electrons. The van der Waals surface area contributed by atoms with Gasteiger partial charge in [0, 0.05) is 22.0 Å². The highest BCUT2D eigenvalue weighted by Crippen LogP contribution is 2.19. The van der Waals surface area contributed by atoms with E-state index in [1.807, 2.05) is 13.0 Å². The van der Waals surface area contributed by atoms with Crippen LogP contribution in [-0.4, -0.2) is 5.91 Å². The Morgan fingerprint density at radius 3 is 2.72 bits per heavy atom. The molecule has 0 fully saturated rings. The number of benzene rings is 2. The van der Waals surface area contributed by atoms with Crippen molar-refractivity contribution in [1.82, 2.24) is 0 Å². The Balaban J connectivity index is 2.24. The van der Waals surface area contributed by atoms with Crippen LogP contribution in [0.4, 0.5) is 11.4 Å². The number of rotatable bonds is 2. The highest BCUT2D eigenvalue weighted by molar-refractivity contribution is 6.31. The molecule has 1 amide bonds. The summed E-state index contributed by atoms with van der Waals surface area (Å²) in [6.07, 6.45) is 0. The molecule has 3 N–H and O–H groups in total. The van der Waals surface area contributed by atoms with Crippen LogP contribution in [0.15, 0.2) is 42.5 Å². The van der Waals surface area contributed by atoms with E-state index in [4.69, 9.17) is 17.3 Å². The second-order valence-corrected chi connectivity index (χ2v) is 4.48. The van der Waals surface area contributed by atoms with Crippen LogP contribution >= 0.6 is 11.6 Å². The van der Waals surface area contributed by atoms with Crippen molar-refractivity contribution in [3.05, 3.63) is 58.6 Å². The van der Waals surface area contributed by atoms with Gasteiger partial charge in [-0.05, 0) is 42.8 Å². The molecule has 0 aromatic heterocycles. The van der Waals surface area contributed by atoms with Crippen molar-refractivity contribution in [2.24, 2.45) is 0 Å². The molecule has 0 saturated heterocycles. The molecule has 18 heavy (non-hydrogen) atoms. The second kappa shape index (κ2) is 5.10. The summed E-state index contributed by atoms with van der Waals surface area (Å²) in [5.41, 5.74) is 8.49. The largest absolute Gasteiger partial charge is 0.399 e. The minimum atomic E-state index is -0.203. The maximum Gasteiger partial charge on any atom is 0.255 e. The van der Waals surface area contributed by atoms with Gasteiger partial charge in [0.15, 0.2) is 0 Å². The molecule has 0 aliphatic carbocycles. The molecule has 3 nitrogen and oxygen atoms in total. The number of aryl methyl sites for hydroxylation is 1. The van der Waals surface area contributed by atoms with Crippen molar-refractivity contribution in [2.45, 2.75) is 6.92 Å². The van der Waals surface area contributed by atoms with Crippen LogP contribution in [0.2, 0.25) is 5.02 Å². The maximum atomic E-state index is 12.0. The summed E-state index contributed by atoms with van der Waals surface area (Å²) in [6, 6.07) is 12.2. The third-order valence-corrected chi connectivity index (χ3v) is 2.83. The lowest BCUT2D eigenvalue weighted by Gasteiger charge is -2.09. The first-order chi connectivity index (χ1) is 8.56. The lowest BCUT2D eigenvalue weighted by atomic mass is 10.1. The molecule has 0 saturated carbocycles. The maximum absolute atomic E-state index is 12.0. The van der Waals surface area contributed by atoms with Crippen molar-refractivity contribution in [1.29, 1.82) is 0 Å². The molecule has 0 heterocycles. The van der Waals surface area contributed by atoms with Crippen molar-refractivity contribution >= 4 is 28.9 Å². The predicted molar refractivity (Wildman–Crippen MR) is 75.0 cm³/mol. The van der Waals surface area contributed by atoms with Gasteiger partial charge in [-0.1, -0.05) is 23.7 Å². The van der Waals surface area contributed by atoms with Crippen LogP contribution in [0.3, 0.4) is 0 Å². The van der Waals surface area contributed by atoms with Gasteiger partial charge in [-0.2, -0.15) is 0 Å². The minimum absolute atomic E-state index is 0.203. The first-order valence-corrected chi connectivity index (χ1v) is 5.87. The van der Waals surface area contributed by atoms with E-state index in [-0.39, 0.29) is 5.91 Å². The zero-order valence-electron chi connectivity index (χ0n) is 9.91. The summed E-state index contributed by atoms with van der Waals surface area (Å²) in [6.45, 7) is 1.91. The lowest BCUT2D eigenvalue weighted by Crippen LogP contribution is -2.12. The number of carbonyl (C=O) groups is 1. The number of halogens is 1. The normalized spacial score (nSPS) is 10.1. The van der Waals surface area contributed by atoms with Crippen molar-refractivity contribution in [2.75, 3.05) is 11.1 Å². The highest BCUT2D eigenvalue weighted by Gasteiger charge is 2.08. The minimum Gasteiger partial charge on any atom is -0.399 e. The Labute approximate surface area is 111 Å². The van der Waals surface area contributed by atoms with Gasteiger partial charge in [-0.25, -0.2) is 0 Å². The molecule has 0 spiro atoms. The van der Waals surface area contributed by atoms with Crippen LogP contribution < -0.4 is 11.1 Å². The molecule has 0 aliphatic heterocycles.